The van der Waals surface area contributed by atoms with Gasteiger partial charge in [-0.2, -0.15) is 5.10 Å². The highest BCUT2D eigenvalue weighted by molar-refractivity contribution is 5.82. The van der Waals surface area contributed by atoms with E-state index in [0.29, 0.717) is 18.7 Å². The summed E-state index contributed by atoms with van der Waals surface area (Å²) >= 11 is 0. The second kappa shape index (κ2) is 6.13. The van der Waals surface area contributed by atoms with Crippen LogP contribution in [0.2, 0.25) is 0 Å². The number of ketones is 1. The summed E-state index contributed by atoms with van der Waals surface area (Å²) in [5.74, 6) is 0.711. The van der Waals surface area contributed by atoms with E-state index in [-0.39, 0.29) is 5.78 Å². The molecule has 2 aromatic rings. The zero-order valence-corrected chi connectivity index (χ0v) is 11.2. The molecule has 0 aromatic carbocycles. The van der Waals surface area contributed by atoms with Gasteiger partial charge in [0.15, 0.2) is 0 Å². The quantitative estimate of drug-likeness (QED) is 0.791. The number of ether oxygens (including phenoxy) is 1. The molecule has 2 heterocycles. The van der Waals surface area contributed by atoms with Crippen LogP contribution < -0.4 is 4.74 Å². The highest BCUT2D eigenvalue weighted by atomic mass is 16.5. The molecule has 0 amide bonds. The van der Waals surface area contributed by atoms with E-state index in [4.69, 9.17) is 4.74 Å². The zero-order chi connectivity index (χ0) is 13.7. The van der Waals surface area contributed by atoms with Gasteiger partial charge in [0.1, 0.15) is 5.78 Å². The number of aromatic nitrogens is 3. The number of aryl methyl sites for hydroxylation is 1. The normalized spacial score (nSPS) is 10.4. The molecule has 0 spiro atoms. The average molecular weight is 259 g/mol. The van der Waals surface area contributed by atoms with E-state index in [9.17, 15) is 4.79 Å². The molecule has 0 unspecified atom stereocenters. The first-order chi connectivity index (χ1) is 9.21. The fraction of sp³-hybridized carbons (Fsp3) is 0.357. The SMILES string of the molecule is CCn1cc(CC(=O)Cc2ccc(OC)nc2)cn1. The zero-order valence-electron chi connectivity index (χ0n) is 11.2. The molecule has 0 radical (unpaired) electrons. The molecule has 5 heteroatoms. The number of hydrogen-bond donors (Lipinski definition) is 0. The summed E-state index contributed by atoms with van der Waals surface area (Å²) in [6, 6.07) is 3.62. The molecular formula is C14H17N3O2. The molecule has 0 aliphatic rings. The summed E-state index contributed by atoms with van der Waals surface area (Å²) in [4.78, 5) is 16.0. The van der Waals surface area contributed by atoms with E-state index >= 15 is 0 Å². The lowest BCUT2D eigenvalue weighted by atomic mass is 10.1. The van der Waals surface area contributed by atoms with Gasteiger partial charge in [0, 0.05) is 37.8 Å². The number of Topliss-reactive ketones (excluding diaryl/α,β-unsaturated/α-hetero) is 1. The van der Waals surface area contributed by atoms with Crippen LogP contribution in [0.3, 0.4) is 0 Å². The van der Waals surface area contributed by atoms with Gasteiger partial charge in [-0.25, -0.2) is 4.98 Å². The molecule has 0 bridgehead atoms. The molecule has 0 atom stereocenters. The molecule has 19 heavy (non-hydrogen) atoms. The summed E-state index contributed by atoms with van der Waals surface area (Å²) in [5.41, 5.74) is 1.85. The predicted octanol–water partition coefficient (Wildman–Crippen LogP) is 1.66. The van der Waals surface area contributed by atoms with E-state index in [1.165, 1.54) is 0 Å². The van der Waals surface area contributed by atoms with Crippen LogP contribution in [0, 0.1) is 0 Å². The predicted molar refractivity (Wildman–Crippen MR) is 71.1 cm³/mol. The molecule has 5 nitrogen and oxygen atoms in total. The van der Waals surface area contributed by atoms with Crippen LogP contribution in [-0.2, 0) is 24.2 Å². The molecule has 0 N–H and O–H groups in total. The Morgan fingerprint density at radius 3 is 2.63 bits per heavy atom. The second-order valence-corrected chi connectivity index (χ2v) is 4.31. The van der Waals surface area contributed by atoms with Crippen molar-refractivity contribution < 1.29 is 9.53 Å². The second-order valence-electron chi connectivity index (χ2n) is 4.31. The van der Waals surface area contributed by atoms with Crippen molar-refractivity contribution in [3.63, 3.8) is 0 Å². The minimum Gasteiger partial charge on any atom is -0.481 e. The van der Waals surface area contributed by atoms with Gasteiger partial charge >= 0.3 is 0 Å². The smallest absolute Gasteiger partial charge is 0.212 e. The Hall–Kier alpha value is -2.17. The van der Waals surface area contributed by atoms with Crippen molar-refractivity contribution >= 4 is 5.78 Å². The van der Waals surface area contributed by atoms with Crippen molar-refractivity contribution in [3.8, 4) is 5.88 Å². The third-order valence-electron chi connectivity index (χ3n) is 2.82. The van der Waals surface area contributed by atoms with Crippen molar-refractivity contribution in [1.82, 2.24) is 14.8 Å². The summed E-state index contributed by atoms with van der Waals surface area (Å²) in [5, 5.41) is 4.15. The van der Waals surface area contributed by atoms with Crippen LogP contribution in [0.5, 0.6) is 5.88 Å². The van der Waals surface area contributed by atoms with Gasteiger partial charge in [0.25, 0.3) is 0 Å². The Morgan fingerprint density at radius 1 is 1.26 bits per heavy atom. The lowest BCUT2D eigenvalue weighted by Gasteiger charge is -2.01. The number of pyridine rings is 1. The van der Waals surface area contributed by atoms with Crippen molar-refractivity contribution in [2.45, 2.75) is 26.3 Å². The highest BCUT2D eigenvalue weighted by Gasteiger charge is 2.07. The summed E-state index contributed by atoms with van der Waals surface area (Å²) in [7, 11) is 1.57. The lowest BCUT2D eigenvalue weighted by Crippen LogP contribution is -2.06. The summed E-state index contributed by atoms with van der Waals surface area (Å²) in [6.07, 6.45) is 6.12. The third-order valence-corrected chi connectivity index (χ3v) is 2.82. The minimum absolute atomic E-state index is 0.155. The average Bonchev–Trinajstić information content (AvgIpc) is 2.87. The van der Waals surface area contributed by atoms with Crippen LogP contribution >= 0.6 is 0 Å². The maximum atomic E-state index is 11.9. The Morgan fingerprint density at radius 2 is 2.05 bits per heavy atom. The molecule has 0 aliphatic carbocycles. The maximum Gasteiger partial charge on any atom is 0.212 e. The van der Waals surface area contributed by atoms with Crippen LogP contribution in [0.25, 0.3) is 0 Å². The van der Waals surface area contributed by atoms with E-state index in [0.717, 1.165) is 17.7 Å². The number of rotatable bonds is 6. The van der Waals surface area contributed by atoms with Gasteiger partial charge in [-0.15, -0.1) is 0 Å². The first kappa shape index (κ1) is 13.3. The monoisotopic (exact) mass is 259 g/mol. The Labute approximate surface area is 112 Å². The first-order valence-corrected chi connectivity index (χ1v) is 6.23. The van der Waals surface area contributed by atoms with Crippen LogP contribution in [0.15, 0.2) is 30.7 Å². The van der Waals surface area contributed by atoms with E-state index in [1.54, 1.807) is 25.6 Å². The van der Waals surface area contributed by atoms with Crippen LogP contribution in [0.4, 0.5) is 0 Å². The summed E-state index contributed by atoms with van der Waals surface area (Å²) in [6.45, 7) is 2.83. The van der Waals surface area contributed by atoms with Gasteiger partial charge in [-0.05, 0) is 18.1 Å². The van der Waals surface area contributed by atoms with Gasteiger partial charge in [0.05, 0.1) is 13.3 Å². The third kappa shape index (κ3) is 3.64. The van der Waals surface area contributed by atoms with Gasteiger partial charge in [-0.1, -0.05) is 6.07 Å². The standard InChI is InChI=1S/C14H17N3O2/c1-3-17-10-12(9-16-17)7-13(18)6-11-4-5-14(19-2)15-8-11/h4-5,8-10H,3,6-7H2,1-2H3. The van der Waals surface area contributed by atoms with E-state index in [2.05, 4.69) is 10.1 Å². The minimum atomic E-state index is 0.155. The Kier molecular flexibility index (Phi) is 4.28. The van der Waals surface area contributed by atoms with Crippen molar-refractivity contribution in [1.29, 1.82) is 0 Å². The van der Waals surface area contributed by atoms with E-state index in [1.807, 2.05) is 23.9 Å². The molecule has 2 rings (SSSR count). The molecule has 2 aromatic heterocycles. The largest absolute Gasteiger partial charge is 0.481 e. The Balaban J connectivity index is 1.93. The van der Waals surface area contributed by atoms with Crippen LogP contribution in [0.1, 0.15) is 18.1 Å². The van der Waals surface area contributed by atoms with Gasteiger partial charge < -0.3 is 4.74 Å². The number of methoxy groups -OCH3 is 1. The Bertz CT molecular complexity index is 546. The molecule has 0 saturated carbocycles. The number of carbonyl (C=O) groups excluding carboxylic acids is 1. The van der Waals surface area contributed by atoms with Gasteiger partial charge in [0.2, 0.25) is 5.88 Å². The summed E-state index contributed by atoms with van der Waals surface area (Å²) < 4.78 is 6.79. The van der Waals surface area contributed by atoms with Crippen molar-refractivity contribution in [2.75, 3.05) is 7.11 Å². The fourth-order valence-corrected chi connectivity index (χ4v) is 1.82. The fourth-order valence-electron chi connectivity index (χ4n) is 1.82. The molecular weight excluding hydrogens is 242 g/mol. The number of hydrogen-bond acceptors (Lipinski definition) is 4. The highest BCUT2D eigenvalue weighted by Crippen LogP contribution is 2.09. The molecule has 0 aliphatic heterocycles. The number of nitrogens with zero attached hydrogens (tertiary/aromatic N) is 3. The van der Waals surface area contributed by atoms with E-state index < -0.39 is 0 Å². The van der Waals surface area contributed by atoms with Gasteiger partial charge in [-0.3, -0.25) is 9.48 Å². The molecule has 0 saturated heterocycles. The topological polar surface area (TPSA) is 57.0 Å². The van der Waals surface area contributed by atoms with Crippen LogP contribution in [-0.4, -0.2) is 27.7 Å². The first-order valence-electron chi connectivity index (χ1n) is 6.23. The molecule has 100 valence electrons. The number of carbonyl (C=O) groups is 1. The molecule has 0 fully saturated rings. The maximum absolute atomic E-state index is 11.9. The lowest BCUT2D eigenvalue weighted by molar-refractivity contribution is -0.117. The van der Waals surface area contributed by atoms with Crippen molar-refractivity contribution in [3.05, 3.63) is 41.9 Å². The van der Waals surface area contributed by atoms with Crippen molar-refractivity contribution in [2.24, 2.45) is 0 Å².